The van der Waals surface area contributed by atoms with Crippen LogP contribution in [0.2, 0.25) is 0 Å². The summed E-state index contributed by atoms with van der Waals surface area (Å²) >= 11 is 3.55. The van der Waals surface area contributed by atoms with E-state index in [4.69, 9.17) is 5.11 Å². The molecule has 3 nitrogen and oxygen atoms in total. The molecule has 1 aromatic heterocycles. The second-order valence-electron chi connectivity index (χ2n) is 4.95. The van der Waals surface area contributed by atoms with E-state index in [0.29, 0.717) is 6.04 Å². The quantitative estimate of drug-likeness (QED) is 0.796. The number of hydrogen-bond acceptors (Lipinski definition) is 1. The number of quaternary nitrogens is 1. The highest BCUT2D eigenvalue weighted by atomic mass is 79.9. The Kier molecular flexibility index (Phi) is 3.41. The number of halogens is 1. The number of aliphatic hydroxyl groups is 1. The molecule has 18 heavy (non-hydrogen) atoms. The maximum Gasteiger partial charge on any atom is 0.127 e. The normalized spacial score (nSPS) is 19.1. The van der Waals surface area contributed by atoms with Gasteiger partial charge >= 0.3 is 0 Å². The van der Waals surface area contributed by atoms with Gasteiger partial charge in [-0.15, -0.1) is 0 Å². The Morgan fingerprint density at radius 3 is 3.17 bits per heavy atom. The molecule has 0 radical (unpaired) electrons. The van der Waals surface area contributed by atoms with Crippen molar-refractivity contribution in [1.82, 2.24) is 4.98 Å². The molecular weight excluding hydrogens is 292 g/mol. The fraction of sp³-hybridized carbons (Fsp3) is 0.429. The standard InChI is InChI=1S/C14H17BrN2O/c15-9-4-5-12-11(8-9)10-2-1-3-13(14(10)17-12)16-6-7-18/h4-5,8,13,16-18H,1-3,6-7H2/p+1/t13-/m0/s1. The third kappa shape index (κ3) is 2.09. The lowest BCUT2D eigenvalue weighted by molar-refractivity contribution is -0.698. The third-order valence-corrected chi connectivity index (χ3v) is 4.29. The van der Waals surface area contributed by atoms with Crippen LogP contribution < -0.4 is 5.32 Å². The molecule has 1 atom stereocenters. The number of nitrogens with one attached hydrogen (secondary N) is 1. The van der Waals surface area contributed by atoms with E-state index >= 15 is 0 Å². The number of aromatic amines is 1. The number of aliphatic hydroxyl groups excluding tert-OH is 1. The molecule has 3 rings (SSSR count). The first-order valence-corrected chi connectivity index (χ1v) is 7.33. The van der Waals surface area contributed by atoms with Gasteiger partial charge in [0.1, 0.15) is 6.04 Å². The molecule has 0 bridgehead atoms. The summed E-state index contributed by atoms with van der Waals surface area (Å²) in [4.78, 5) is 3.57. The predicted octanol–water partition coefficient (Wildman–Crippen LogP) is 1.86. The van der Waals surface area contributed by atoms with E-state index in [0.717, 1.165) is 17.4 Å². The van der Waals surface area contributed by atoms with Gasteiger partial charge in [-0.25, -0.2) is 0 Å². The highest BCUT2D eigenvalue weighted by Crippen LogP contribution is 2.34. The monoisotopic (exact) mass is 309 g/mol. The van der Waals surface area contributed by atoms with Crippen LogP contribution in [-0.4, -0.2) is 23.2 Å². The highest BCUT2D eigenvalue weighted by Gasteiger charge is 2.26. The van der Waals surface area contributed by atoms with Crippen LogP contribution in [0, 0.1) is 0 Å². The van der Waals surface area contributed by atoms with Gasteiger partial charge in [-0.3, -0.25) is 0 Å². The number of aryl methyl sites for hydroxylation is 1. The van der Waals surface area contributed by atoms with Crippen molar-refractivity contribution in [1.29, 1.82) is 0 Å². The largest absolute Gasteiger partial charge is 0.391 e. The fourth-order valence-corrected chi connectivity index (χ4v) is 3.34. The van der Waals surface area contributed by atoms with Crippen molar-refractivity contribution < 1.29 is 10.4 Å². The van der Waals surface area contributed by atoms with E-state index in [1.54, 1.807) is 0 Å². The Bertz CT molecular complexity index is 564. The van der Waals surface area contributed by atoms with Crippen LogP contribution in [0.15, 0.2) is 22.7 Å². The van der Waals surface area contributed by atoms with Gasteiger partial charge in [-0.05, 0) is 36.6 Å². The molecule has 1 aromatic carbocycles. The molecule has 0 spiro atoms. The van der Waals surface area contributed by atoms with Gasteiger partial charge in [0.25, 0.3) is 0 Å². The number of aromatic nitrogens is 1. The molecule has 96 valence electrons. The number of benzene rings is 1. The van der Waals surface area contributed by atoms with Crippen LogP contribution in [-0.2, 0) is 6.42 Å². The van der Waals surface area contributed by atoms with Crippen molar-refractivity contribution in [3.05, 3.63) is 33.9 Å². The molecule has 0 amide bonds. The summed E-state index contributed by atoms with van der Waals surface area (Å²) in [6, 6.07) is 6.91. The molecule has 4 heteroatoms. The van der Waals surface area contributed by atoms with Crippen LogP contribution in [0.3, 0.4) is 0 Å². The Hall–Kier alpha value is -0.840. The molecule has 2 aromatic rings. The van der Waals surface area contributed by atoms with Crippen molar-refractivity contribution in [3.8, 4) is 0 Å². The molecule has 1 heterocycles. The first-order valence-electron chi connectivity index (χ1n) is 6.54. The minimum absolute atomic E-state index is 0.248. The molecule has 4 N–H and O–H groups in total. The lowest BCUT2D eigenvalue weighted by Gasteiger charge is -2.20. The highest BCUT2D eigenvalue weighted by molar-refractivity contribution is 9.10. The summed E-state index contributed by atoms with van der Waals surface area (Å²) in [6.07, 6.45) is 3.59. The molecule has 0 saturated heterocycles. The lowest BCUT2D eigenvalue weighted by atomic mass is 9.92. The van der Waals surface area contributed by atoms with Crippen LogP contribution >= 0.6 is 15.9 Å². The number of rotatable bonds is 3. The zero-order valence-electron chi connectivity index (χ0n) is 10.2. The summed E-state index contributed by atoms with van der Waals surface area (Å²) < 4.78 is 1.14. The summed E-state index contributed by atoms with van der Waals surface area (Å²) in [7, 11) is 0. The summed E-state index contributed by atoms with van der Waals surface area (Å²) in [5.74, 6) is 0. The molecule has 0 fully saturated rings. The van der Waals surface area contributed by atoms with E-state index in [1.807, 2.05) is 0 Å². The molecular formula is C14H18BrN2O+. The first-order chi connectivity index (χ1) is 8.79. The van der Waals surface area contributed by atoms with Crippen molar-refractivity contribution in [2.45, 2.75) is 25.3 Å². The second-order valence-corrected chi connectivity index (χ2v) is 5.87. The van der Waals surface area contributed by atoms with E-state index in [2.05, 4.69) is 44.4 Å². The van der Waals surface area contributed by atoms with Gasteiger partial charge < -0.3 is 15.4 Å². The molecule has 0 aliphatic heterocycles. The van der Waals surface area contributed by atoms with Crippen LogP contribution in [0.5, 0.6) is 0 Å². The summed E-state index contributed by atoms with van der Waals surface area (Å²) in [5.41, 5.74) is 4.06. The number of H-pyrrole nitrogens is 1. The maximum atomic E-state index is 8.97. The predicted molar refractivity (Wildman–Crippen MR) is 75.6 cm³/mol. The van der Waals surface area contributed by atoms with Gasteiger partial charge in [0.05, 0.1) is 18.8 Å². The van der Waals surface area contributed by atoms with Gasteiger partial charge in [0.2, 0.25) is 0 Å². The maximum absolute atomic E-state index is 8.97. The second kappa shape index (κ2) is 5.03. The van der Waals surface area contributed by atoms with Crippen molar-refractivity contribution in [2.75, 3.05) is 13.2 Å². The van der Waals surface area contributed by atoms with Crippen LogP contribution in [0.1, 0.15) is 30.1 Å². The number of fused-ring (bicyclic) bond motifs is 3. The van der Waals surface area contributed by atoms with E-state index in [-0.39, 0.29) is 6.61 Å². The topological polar surface area (TPSA) is 52.6 Å². The first kappa shape index (κ1) is 12.2. The number of hydrogen-bond donors (Lipinski definition) is 3. The molecule has 1 aliphatic rings. The van der Waals surface area contributed by atoms with Crippen LogP contribution in [0.25, 0.3) is 10.9 Å². The zero-order valence-corrected chi connectivity index (χ0v) is 11.8. The van der Waals surface area contributed by atoms with Gasteiger partial charge in [-0.1, -0.05) is 15.9 Å². The Morgan fingerprint density at radius 2 is 2.33 bits per heavy atom. The van der Waals surface area contributed by atoms with Gasteiger partial charge in [0, 0.05) is 21.8 Å². The fourth-order valence-electron chi connectivity index (χ4n) is 2.98. The average Bonchev–Trinajstić information content (AvgIpc) is 2.75. The van der Waals surface area contributed by atoms with Crippen molar-refractivity contribution in [3.63, 3.8) is 0 Å². The minimum Gasteiger partial charge on any atom is -0.391 e. The van der Waals surface area contributed by atoms with Crippen molar-refractivity contribution >= 4 is 26.8 Å². The molecule has 1 aliphatic carbocycles. The smallest absolute Gasteiger partial charge is 0.127 e. The Labute approximate surface area is 115 Å². The van der Waals surface area contributed by atoms with E-state index < -0.39 is 0 Å². The van der Waals surface area contributed by atoms with Gasteiger partial charge in [0.15, 0.2) is 0 Å². The Morgan fingerprint density at radius 1 is 1.44 bits per heavy atom. The third-order valence-electron chi connectivity index (χ3n) is 3.79. The zero-order chi connectivity index (χ0) is 12.5. The average molecular weight is 310 g/mol. The van der Waals surface area contributed by atoms with Crippen LogP contribution in [0.4, 0.5) is 0 Å². The Balaban J connectivity index is 2.04. The molecule has 0 saturated carbocycles. The SMILES string of the molecule is OCC[NH2+][C@H]1CCCc2c1[nH]c1ccc(Br)cc21. The van der Waals surface area contributed by atoms with Gasteiger partial charge in [-0.2, -0.15) is 0 Å². The van der Waals surface area contributed by atoms with E-state index in [9.17, 15) is 0 Å². The minimum atomic E-state index is 0.248. The number of nitrogens with two attached hydrogens (primary N) is 1. The summed E-state index contributed by atoms with van der Waals surface area (Å²) in [6.45, 7) is 1.03. The summed E-state index contributed by atoms with van der Waals surface area (Å²) in [5, 5.41) is 12.6. The van der Waals surface area contributed by atoms with Crippen molar-refractivity contribution in [2.24, 2.45) is 0 Å². The van der Waals surface area contributed by atoms with E-state index in [1.165, 1.54) is 35.0 Å². The molecule has 0 unspecified atom stereocenters. The lowest BCUT2D eigenvalue weighted by Crippen LogP contribution is -2.86.